The van der Waals surface area contributed by atoms with Gasteiger partial charge in [-0.25, -0.2) is 19.6 Å². The van der Waals surface area contributed by atoms with E-state index < -0.39 is 23.5 Å². The highest BCUT2D eigenvalue weighted by molar-refractivity contribution is 6.05. The lowest BCUT2D eigenvalue weighted by Crippen LogP contribution is -2.35. The standard InChI is InChI=1S/C24H21F3N8O.ClH/c25-24(26,27)15-2-1-7-29-21(15)33-23(36)14-5-3-13(4-6-14)19-18-20(28)31-11-32-22(18)35(34-19)17-9-12-8-16(17)30-10-12;/h1-7,11-12,16-17,30H,8-10H2,(H2,28,31,32)(H,29,33,36);1H/t12-,16+,17+;/m1./s1. The van der Waals surface area contributed by atoms with Gasteiger partial charge in [-0.05, 0) is 49.6 Å². The number of benzene rings is 1. The molecule has 4 heterocycles. The topological polar surface area (TPSA) is 124 Å². The van der Waals surface area contributed by atoms with Crippen LogP contribution in [0.15, 0.2) is 48.9 Å². The fourth-order valence-corrected chi connectivity index (χ4v) is 5.21. The number of aromatic nitrogens is 5. The average molecular weight is 531 g/mol. The number of rotatable bonds is 4. The molecule has 0 unspecified atom stereocenters. The smallest absolute Gasteiger partial charge is 0.383 e. The van der Waals surface area contributed by atoms with Crippen molar-refractivity contribution in [2.75, 3.05) is 17.6 Å². The highest BCUT2D eigenvalue weighted by Gasteiger charge is 2.42. The number of nitrogens with two attached hydrogens (primary N) is 1. The number of carbonyl (C=O) groups excluding carboxylic acids is 1. The van der Waals surface area contributed by atoms with Crippen LogP contribution in [0, 0.1) is 5.92 Å². The summed E-state index contributed by atoms with van der Waals surface area (Å²) in [6.45, 7) is 1.01. The number of amides is 1. The maximum absolute atomic E-state index is 13.2. The van der Waals surface area contributed by atoms with Crippen molar-refractivity contribution < 1.29 is 18.0 Å². The first-order valence-corrected chi connectivity index (χ1v) is 11.5. The van der Waals surface area contributed by atoms with Gasteiger partial charge in [0.2, 0.25) is 0 Å². The third-order valence-electron chi connectivity index (χ3n) is 6.89. The maximum atomic E-state index is 13.2. The summed E-state index contributed by atoms with van der Waals surface area (Å²) < 4.78 is 41.6. The second kappa shape index (κ2) is 9.27. The molecule has 2 bridgehead atoms. The molecule has 2 aliphatic rings. The molecule has 4 N–H and O–H groups in total. The zero-order chi connectivity index (χ0) is 25.0. The number of alkyl halides is 3. The quantitative estimate of drug-likeness (QED) is 0.363. The van der Waals surface area contributed by atoms with Gasteiger partial charge in [0.05, 0.1) is 17.0 Å². The van der Waals surface area contributed by atoms with Crippen molar-refractivity contribution in [3.63, 3.8) is 0 Å². The van der Waals surface area contributed by atoms with E-state index in [1.54, 1.807) is 12.1 Å². The van der Waals surface area contributed by atoms with Crippen molar-refractivity contribution in [3.8, 4) is 11.3 Å². The molecule has 6 rings (SSSR count). The van der Waals surface area contributed by atoms with E-state index in [4.69, 9.17) is 10.8 Å². The molecule has 2 fully saturated rings. The Morgan fingerprint density at radius 2 is 1.89 bits per heavy atom. The Morgan fingerprint density at radius 3 is 2.57 bits per heavy atom. The van der Waals surface area contributed by atoms with E-state index in [0.29, 0.717) is 40.1 Å². The number of nitrogen functional groups attached to an aromatic ring is 1. The largest absolute Gasteiger partial charge is 0.419 e. The van der Waals surface area contributed by atoms with Crippen molar-refractivity contribution in [1.82, 2.24) is 30.0 Å². The summed E-state index contributed by atoms with van der Waals surface area (Å²) in [4.78, 5) is 24.9. The van der Waals surface area contributed by atoms with Gasteiger partial charge < -0.3 is 16.4 Å². The van der Waals surface area contributed by atoms with Crippen LogP contribution in [-0.4, -0.2) is 43.2 Å². The van der Waals surface area contributed by atoms with Crippen LogP contribution in [0.25, 0.3) is 22.3 Å². The predicted molar refractivity (Wildman–Crippen MR) is 133 cm³/mol. The van der Waals surface area contributed by atoms with Gasteiger partial charge in [0.15, 0.2) is 5.65 Å². The molecule has 3 atom stereocenters. The summed E-state index contributed by atoms with van der Waals surface area (Å²) in [5.41, 5.74) is 7.28. The highest BCUT2D eigenvalue weighted by atomic mass is 35.5. The number of pyridine rings is 1. The maximum Gasteiger partial charge on any atom is 0.419 e. The number of nitrogens with zero attached hydrogens (tertiary/aromatic N) is 5. The molecule has 192 valence electrons. The van der Waals surface area contributed by atoms with E-state index in [1.807, 2.05) is 4.68 Å². The SMILES string of the molecule is Cl.Nc1ncnc2c1c(-c1ccc(C(=O)Nc3ncccc3C(F)(F)F)cc1)nn2[C@H]1C[C@@H]2CN[C@H]1C2. The minimum Gasteiger partial charge on any atom is -0.383 e. The minimum absolute atomic E-state index is 0. The minimum atomic E-state index is -4.64. The first-order valence-electron chi connectivity index (χ1n) is 11.5. The predicted octanol–water partition coefficient (Wildman–Crippen LogP) is 4.09. The number of anilines is 2. The molecule has 0 radical (unpaired) electrons. The van der Waals surface area contributed by atoms with Gasteiger partial charge in [-0.1, -0.05) is 12.1 Å². The lowest BCUT2D eigenvalue weighted by molar-refractivity contribution is -0.137. The molecule has 1 amide bonds. The summed E-state index contributed by atoms with van der Waals surface area (Å²) >= 11 is 0. The van der Waals surface area contributed by atoms with Crippen molar-refractivity contribution >= 4 is 41.0 Å². The summed E-state index contributed by atoms with van der Waals surface area (Å²) in [5, 5.41) is 11.3. The lowest BCUT2D eigenvalue weighted by Gasteiger charge is -2.23. The third kappa shape index (κ3) is 4.36. The van der Waals surface area contributed by atoms with Crippen LogP contribution in [0.3, 0.4) is 0 Å². The first-order chi connectivity index (χ1) is 17.3. The van der Waals surface area contributed by atoms with E-state index in [-0.39, 0.29) is 24.0 Å². The van der Waals surface area contributed by atoms with Crippen molar-refractivity contribution in [2.24, 2.45) is 5.92 Å². The van der Waals surface area contributed by atoms with E-state index in [0.717, 1.165) is 25.5 Å². The number of fused-ring (bicyclic) bond motifs is 3. The number of hydrogen-bond donors (Lipinski definition) is 3. The molecule has 13 heteroatoms. The Kier molecular flexibility index (Phi) is 6.24. The van der Waals surface area contributed by atoms with Gasteiger partial charge in [-0.15, -0.1) is 12.4 Å². The van der Waals surface area contributed by atoms with E-state index in [1.165, 1.54) is 30.7 Å². The second-order valence-electron chi connectivity index (χ2n) is 9.10. The Morgan fingerprint density at radius 1 is 1.11 bits per heavy atom. The van der Waals surface area contributed by atoms with Crippen LogP contribution in [0.4, 0.5) is 24.8 Å². The number of piperidine rings is 1. The molecular weight excluding hydrogens is 509 g/mol. The Balaban J connectivity index is 0.00000280. The zero-order valence-corrected chi connectivity index (χ0v) is 20.1. The Bertz CT molecular complexity index is 1470. The summed E-state index contributed by atoms with van der Waals surface area (Å²) in [6, 6.07) is 8.90. The molecule has 3 aromatic heterocycles. The molecule has 1 saturated heterocycles. The van der Waals surface area contributed by atoms with E-state index in [2.05, 4.69) is 25.6 Å². The molecule has 37 heavy (non-hydrogen) atoms. The monoisotopic (exact) mass is 530 g/mol. The van der Waals surface area contributed by atoms with Crippen LogP contribution in [0.2, 0.25) is 0 Å². The van der Waals surface area contributed by atoms with Crippen LogP contribution < -0.4 is 16.4 Å². The van der Waals surface area contributed by atoms with Gasteiger partial charge in [-0.2, -0.15) is 18.3 Å². The summed E-state index contributed by atoms with van der Waals surface area (Å²) in [5.74, 6) is -0.351. The number of carbonyl (C=O) groups is 1. The van der Waals surface area contributed by atoms with Crippen molar-refractivity contribution in [3.05, 3.63) is 60.0 Å². The van der Waals surface area contributed by atoms with E-state index >= 15 is 0 Å². The molecule has 1 aromatic carbocycles. The molecule has 0 spiro atoms. The van der Waals surface area contributed by atoms with Crippen LogP contribution in [0.5, 0.6) is 0 Å². The van der Waals surface area contributed by atoms with Gasteiger partial charge in [0, 0.05) is 23.4 Å². The molecular formula is C24H22ClF3N8O. The molecule has 4 aromatic rings. The van der Waals surface area contributed by atoms with Gasteiger partial charge in [-0.3, -0.25) is 4.79 Å². The highest BCUT2D eigenvalue weighted by Crippen LogP contribution is 2.42. The molecule has 1 aliphatic heterocycles. The molecule has 1 saturated carbocycles. The van der Waals surface area contributed by atoms with Gasteiger partial charge in [0.25, 0.3) is 5.91 Å². The van der Waals surface area contributed by atoms with Crippen molar-refractivity contribution in [1.29, 1.82) is 0 Å². The number of nitrogens with one attached hydrogen (secondary N) is 2. The van der Waals surface area contributed by atoms with Crippen molar-refractivity contribution in [2.45, 2.75) is 31.1 Å². The lowest BCUT2D eigenvalue weighted by atomic mass is 10.1. The zero-order valence-electron chi connectivity index (χ0n) is 19.2. The first kappa shape index (κ1) is 24.9. The van der Waals surface area contributed by atoms with Gasteiger partial charge >= 0.3 is 6.18 Å². The third-order valence-corrected chi connectivity index (χ3v) is 6.89. The van der Waals surface area contributed by atoms with Crippen LogP contribution in [-0.2, 0) is 6.18 Å². The van der Waals surface area contributed by atoms with Gasteiger partial charge in [0.1, 0.15) is 23.7 Å². The number of hydrogen-bond acceptors (Lipinski definition) is 7. The molecule has 9 nitrogen and oxygen atoms in total. The second-order valence-corrected chi connectivity index (χ2v) is 9.10. The Hall–Kier alpha value is -3.77. The normalized spacial score (nSPS) is 20.7. The fraction of sp³-hybridized carbons (Fsp3) is 0.292. The summed E-state index contributed by atoms with van der Waals surface area (Å²) in [6.07, 6.45) is 0.0629. The molecule has 1 aliphatic carbocycles. The summed E-state index contributed by atoms with van der Waals surface area (Å²) in [7, 11) is 0. The van der Waals surface area contributed by atoms with Crippen LogP contribution in [0.1, 0.15) is 34.8 Å². The average Bonchev–Trinajstić information content (AvgIpc) is 3.59. The van der Waals surface area contributed by atoms with Crippen LogP contribution >= 0.6 is 12.4 Å². The fourth-order valence-electron chi connectivity index (χ4n) is 5.21. The van der Waals surface area contributed by atoms with E-state index in [9.17, 15) is 18.0 Å². The Labute approximate surface area is 215 Å². The number of halogens is 4.